The van der Waals surface area contributed by atoms with Crippen LogP contribution in [0.1, 0.15) is 53.9 Å². The van der Waals surface area contributed by atoms with E-state index in [0.29, 0.717) is 0 Å². The zero-order valence-corrected chi connectivity index (χ0v) is 12.7. The maximum atomic E-state index is 12.8. The van der Waals surface area contributed by atoms with E-state index in [0.717, 1.165) is 19.3 Å². The van der Waals surface area contributed by atoms with Crippen LogP contribution in [0.3, 0.4) is 0 Å². The summed E-state index contributed by atoms with van der Waals surface area (Å²) >= 11 is 0. The van der Waals surface area contributed by atoms with Crippen molar-refractivity contribution in [2.45, 2.75) is 71.5 Å². The highest BCUT2D eigenvalue weighted by Crippen LogP contribution is 2.41. The monoisotopic (exact) mass is 266 g/mol. The van der Waals surface area contributed by atoms with Gasteiger partial charge in [-0.25, -0.2) is 0 Å². The van der Waals surface area contributed by atoms with E-state index in [2.05, 4.69) is 12.2 Å². The second-order valence-corrected chi connectivity index (χ2v) is 6.98. The van der Waals surface area contributed by atoms with Gasteiger partial charge in [0.05, 0.1) is 0 Å². The molecule has 2 atom stereocenters. The van der Waals surface area contributed by atoms with Crippen molar-refractivity contribution in [2.24, 2.45) is 11.8 Å². The molecule has 1 saturated heterocycles. The number of piperazine rings is 1. The molecule has 2 amide bonds. The van der Waals surface area contributed by atoms with Crippen molar-refractivity contribution in [2.75, 3.05) is 0 Å². The molecule has 0 aromatic heterocycles. The summed E-state index contributed by atoms with van der Waals surface area (Å²) in [6.45, 7) is 10.1. The fourth-order valence-electron chi connectivity index (χ4n) is 3.29. The zero-order valence-electron chi connectivity index (χ0n) is 12.7. The quantitative estimate of drug-likeness (QED) is 0.848. The Balaban J connectivity index is 2.35. The number of carbonyl (C=O) groups excluding carboxylic acids is 2. The first-order valence-corrected chi connectivity index (χ1v) is 7.41. The molecule has 2 aliphatic rings. The Bertz CT molecular complexity index is 386. The fourth-order valence-corrected chi connectivity index (χ4v) is 3.29. The van der Waals surface area contributed by atoms with Crippen molar-refractivity contribution in [3.8, 4) is 0 Å². The second-order valence-electron chi connectivity index (χ2n) is 6.98. The van der Waals surface area contributed by atoms with Gasteiger partial charge in [-0.2, -0.15) is 0 Å². The van der Waals surface area contributed by atoms with E-state index >= 15 is 0 Å². The Morgan fingerprint density at radius 3 is 2.11 bits per heavy atom. The van der Waals surface area contributed by atoms with Crippen LogP contribution in [0.5, 0.6) is 0 Å². The first kappa shape index (κ1) is 14.4. The van der Waals surface area contributed by atoms with Crippen molar-refractivity contribution in [3.63, 3.8) is 0 Å². The molecule has 0 radical (unpaired) electrons. The first-order chi connectivity index (χ1) is 8.78. The molecule has 4 heteroatoms. The molecule has 0 bridgehead atoms. The van der Waals surface area contributed by atoms with Crippen molar-refractivity contribution < 1.29 is 9.59 Å². The van der Waals surface area contributed by atoms with E-state index in [1.165, 1.54) is 0 Å². The number of nitrogens with one attached hydrogen (secondary N) is 1. The third-order valence-electron chi connectivity index (χ3n) is 4.66. The Morgan fingerprint density at radius 2 is 1.74 bits per heavy atom. The molecule has 1 N–H and O–H groups in total. The molecule has 1 heterocycles. The summed E-state index contributed by atoms with van der Waals surface area (Å²) in [4.78, 5) is 27.1. The third-order valence-corrected chi connectivity index (χ3v) is 4.66. The highest BCUT2D eigenvalue weighted by atomic mass is 16.2. The molecule has 0 aromatic rings. The van der Waals surface area contributed by atoms with Gasteiger partial charge in [0, 0.05) is 5.54 Å². The summed E-state index contributed by atoms with van der Waals surface area (Å²) in [5.41, 5.74) is -0.114. The average molecular weight is 266 g/mol. The van der Waals surface area contributed by atoms with Crippen LogP contribution >= 0.6 is 0 Å². The van der Waals surface area contributed by atoms with Crippen LogP contribution in [-0.4, -0.2) is 34.3 Å². The van der Waals surface area contributed by atoms with Gasteiger partial charge in [-0.15, -0.1) is 0 Å². The van der Waals surface area contributed by atoms with Gasteiger partial charge in [-0.05, 0) is 38.0 Å². The smallest absolute Gasteiger partial charge is 0.246 e. The fraction of sp³-hybridized carbons (Fsp3) is 0.867. The van der Waals surface area contributed by atoms with Crippen LogP contribution in [0.25, 0.3) is 0 Å². The lowest BCUT2D eigenvalue weighted by atomic mass is 9.74. The van der Waals surface area contributed by atoms with Gasteiger partial charge in [0.25, 0.3) is 0 Å². The van der Waals surface area contributed by atoms with Crippen LogP contribution in [0.15, 0.2) is 0 Å². The summed E-state index contributed by atoms with van der Waals surface area (Å²) in [5.74, 6) is 0.405. The lowest BCUT2D eigenvalue weighted by molar-refractivity contribution is -0.164. The molecule has 1 aliphatic heterocycles. The lowest BCUT2D eigenvalue weighted by Crippen LogP contribution is -2.72. The standard InChI is InChI=1S/C15H26N2O2/c1-9(2)11-14(19)17(15(5)7-6-8-15)12(10(3)4)13(18)16-11/h9-12H,6-8H2,1-5H3,(H,16,18). The lowest BCUT2D eigenvalue weighted by Gasteiger charge is -2.55. The van der Waals surface area contributed by atoms with E-state index in [1.807, 2.05) is 32.6 Å². The molecule has 4 nitrogen and oxygen atoms in total. The van der Waals surface area contributed by atoms with Gasteiger partial charge in [0.1, 0.15) is 12.1 Å². The highest BCUT2D eigenvalue weighted by molar-refractivity contribution is 5.97. The first-order valence-electron chi connectivity index (χ1n) is 7.41. The van der Waals surface area contributed by atoms with E-state index in [1.54, 1.807) is 0 Å². The molecular weight excluding hydrogens is 240 g/mol. The van der Waals surface area contributed by atoms with Crippen LogP contribution in [0.2, 0.25) is 0 Å². The summed E-state index contributed by atoms with van der Waals surface area (Å²) in [6, 6.07) is -0.673. The number of rotatable bonds is 3. The molecule has 2 unspecified atom stereocenters. The average Bonchev–Trinajstić information content (AvgIpc) is 2.27. The Labute approximate surface area is 115 Å². The maximum absolute atomic E-state index is 12.8. The minimum atomic E-state index is -0.361. The minimum absolute atomic E-state index is 0.0152. The predicted molar refractivity (Wildman–Crippen MR) is 74.5 cm³/mol. The van der Waals surface area contributed by atoms with Crippen molar-refractivity contribution in [3.05, 3.63) is 0 Å². The van der Waals surface area contributed by atoms with Crippen LogP contribution < -0.4 is 5.32 Å². The highest BCUT2D eigenvalue weighted by Gasteiger charge is 2.52. The third kappa shape index (κ3) is 2.26. The number of carbonyl (C=O) groups is 2. The molecule has 1 saturated carbocycles. The van der Waals surface area contributed by atoms with Crippen molar-refractivity contribution in [1.29, 1.82) is 0 Å². The van der Waals surface area contributed by atoms with E-state index < -0.39 is 0 Å². The molecule has 19 heavy (non-hydrogen) atoms. The SMILES string of the molecule is CC(C)C1NC(=O)C(C(C)C)N(C2(C)CCC2)C1=O. The number of amides is 2. The van der Waals surface area contributed by atoms with E-state index in [9.17, 15) is 9.59 Å². The Morgan fingerprint density at radius 1 is 1.16 bits per heavy atom. The minimum Gasteiger partial charge on any atom is -0.342 e. The molecule has 0 aromatic carbocycles. The summed E-state index contributed by atoms with van der Waals surface area (Å²) in [5, 5.41) is 2.92. The largest absolute Gasteiger partial charge is 0.342 e. The van der Waals surface area contributed by atoms with Crippen LogP contribution in [-0.2, 0) is 9.59 Å². The zero-order chi connectivity index (χ0) is 14.4. The summed E-state index contributed by atoms with van der Waals surface area (Å²) in [7, 11) is 0. The molecule has 108 valence electrons. The second kappa shape index (κ2) is 4.80. The number of hydrogen-bond donors (Lipinski definition) is 1. The molecule has 0 spiro atoms. The van der Waals surface area contributed by atoms with Gasteiger partial charge in [0.15, 0.2) is 0 Å². The van der Waals surface area contributed by atoms with Gasteiger partial charge in [-0.3, -0.25) is 9.59 Å². The normalized spacial score (nSPS) is 30.6. The molecule has 1 aliphatic carbocycles. The topological polar surface area (TPSA) is 49.4 Å². The Hall–Kier alpha value is -1.06. The van der Waals surface area contributed by atoms with Gasteiger partial charge < -0.3 is 10.2 Å². The van der Waals surface area contributed by atoms with Crippen LogP contribution in [0.4, 0.5) is 0 Å². The van der Waals surface area contributed by atoms with Crippen molar-refractivity contribution in [1.82, 2.24) is 10.2 Å². The predicted octanol–water partition coefficient (Wildman–Crippen LogP) is 1.94. The molecule has 2 rings (SSSR count). The number of hydrogen-bond acceptors (Lipinski definition) is 2. The molecular formula is C15H26N2O2. The van der Waals surface area contributed by atoms with Gasteiger partial charge >= 0.3 is 0 Å². The Kier molecular flexibility index (Phi) is 3.63. The van der Waals surface area contributed by atoms with Crippen LogP contribution in [0, 0.1) is 11.8 Å². The van der Waals surface area contributed by atoms with E-state index in [4.69, 9.17) is 0 Å². The summed E-state index contributed by atoms with van der Waals surface area (Å²) < 4.78 is 0. The van der Waals surface area contributed by atoms with Crippen molar-refractivity contribution >= 4 is 11.8 Å². The summed E-state index contributed by atoms with van der Waals surface area (Å²) in [6.07, 6.45) is 3.18. The van der Waals surface area contributed by atoms with Gasteiger partial charge in [-0.1, -0.05) is 27.7 Å². The number of nitrogens with zero attached hydrogens (tertiary/aromatic N) is 1. The van der Waals surface area contributed by atoms with Gasteiger partial charge in [0.2, 0.25) is 11.8 Å². The maximum Gasteiger partial charge on any atom is 0.246 e. The van der Waals surface area contributed by atoms with E-state index in [-0.39, 0.29) is 41.3 Å². The molecule has 2 fully saturated rings.